The Labute approximate surface area is 210 Å². The lowest BCUT2D eigenvalue weighted by atomic mass is 9.85. The van der Waals surface area contributed by atoms with E-state index in [1.807, 2.05) is 42.5 Å². The first kappa shape index (κ1) is 25.8. The second kappa shape index (κ2) is 10.8. The van der Waals surface area contributed by atoms with E-state index in [1.54, 1.807) is 20.8 Å². The number of fused-ring (bicyclic) bond motifs is 1. The molecule has 0 spiro atoms. The molecule has 194 valence electrons. The number of allylic oxidation sites excluding steroid dienone is 2. The van der Waals surface area contributed by atoms with Gasteiger partial charge in [0.2, 0.25) is 0 Å². The van der Waals surface area contributed by atoms with Crippen molar-refractivity contribution >= 4 is 23.9 Å². The minimum Gasteiger partial charge on any atom is -0.444 e. The molecule has 3 amide bonds. The summed E-state index contributed by atoms with van der Waals surface area (Å²) < 4.78 is 5.52. The van der Waals surface area contributed by atoms with Gasteiger partial charge in [-0.3, -0.25) is 19.3 Å². The van der Waals surface area contributed by atoms with E-state index < -0.39 is 47.4 Å². The van der Waals surface area contributed by atoms with E-state index in [1.165, 1.54) is 4.90 Å². The highest BCUT2D eigenvalue weighted by atomic mass is 16.7. The van der Waals surface area contributed by atoms with E-state index in [9.17, 15) is 19.2 Å². The van der Waals surface area contributed by atoms with Crippen molar-refractivity contribution in [1.29, 1.82) is 0 Å². The Hall–Kier alpha value is -3.24. The van der Waals surface area contributed by atoms with E-state index in [0.717, 1.165) is 5.56 Å². The molecule has 0 unspecified atom stereocenters. The highest BCUT2D eigenvalue weighted by Crippen LogP contribution is 2.35. The highest BCUT2D eigenvalue weighted by molar-refractivity contribution is 6.05. The summed E-state index contributed by atoms with van der Waals surface area (Å²) in [6, 6.07) is 8.37. The largest absolute Gasteiger partial charge is 0.444 e. The van der Waals surface area contributed by atoms with Crippen LogP contribution < -0.4 is 5.48 Å². The molecule has 3 aliphatic rings. The fraction of sp³-hybridized carbons (Fsp3) is 0.538. The third-order valence-electron chi connectivity index (χ3n) is 6.46. The maximum Gasteiger partial charge on any atom is 0.411 e. The number of rotatable bonds is 6. The van der Waals surface area contributed by atoms with E-state index in [2.05, 4.69) is 5.48 Å². The number of piperidine rings is 1. The van der Waals surface area contributed by atoms with Gasteiger partial charge in [-0.15, -0.1) is 5.06 Å². The van der Waals surface area contributed by atoms with Crippen LogP contribution in [0.1, 0.15) is 52.0 Å². The molecule has 1 aromatic carbocycles. The van der Waals surface area contributed by atoms with E-state index in [-0.39, 0.29) is 19.0 Å². The maximum atomic E-state index is 13.2. The quantitative estimate of drug-likeness (QED) is 0.361. The molecule has 2 aliphatic heterocycles. The first-order valence-corrected chi connectivity index (χ1v) is 12.3. The van der Waals surface area contributed by atoms with Crippen LogP contribution >= 0.6 is 0 Å². The SMILES string of the molecule is CC(C)(C)OC(=O)N1C[C@H](NOCc2ccccc2)CC[C@H]1C(=O)ON1C(=O)[C@H]2CC=CC[C@H]2C1=O. The second-order valence-electron chi connectivity index (χ2n) is 10.4. The number of carbonyl (C=O) groups is 4. The van der Waals surface area contributed by atoms with Crippen molar-refractivity contribution in [3.8, 4) is 0 Å². The molecule has 0 aromatic heterocycles. The Morgan fingerprint density at radius 2 is 1.64 bits per heavy atom. The molecule has 4 atom stereocenters. The van der Waals surface area contributed by atoms with Crippen molar-refractivity contribution in [2.45, 2.75) is 70.7 Å². The maximum absolute atomic E-state index is 13.2. The predicted molar refractivity (Wildman–Crippen MR) is 127 cm³/mol. The fourth-order valence-electron chi connectivity index (χ4n) is 4.66. The lowest BCUT2D eigenvalue weighted by Gasteiger charge is -2.38. The minimum absolute atomic E-state index is 0.126. The minimum atomic E-state index is -1.01. The van der Waals surface area contributed by atoms with Gasteiger partial charge in [-0.1, -0.05) is 42.5 Å². The molecule has 2 fully saturated rings. The van der Waals surface area contributed by atoms with Crippen molar-refractivity contribution in [2.24, 2.45) is 11.8 Å². The van der Waals surface area contributed by atoms with Gasteiger partial charge in [0.05, 0.1) is 24.5 Å². The number of nitrogens with zero attached hydrogens (tertiary/aromatic N) is 2. The lowest BCUT2D eigenvalue weighted by molar-refractivity contribution is -0.203. The number of benzene rings is 1. The smallest absolute Gasteiger partial charge is 0.411 e. The summed E-state index contributed by atoms with van der Waals surface area (Å²) in [6.07, 6.45) is 4.66. The van der Waals surface area contributed by atoms with Crippen molar-refractivity contribution in [1.82, 2.24) is 15.4 Å². The third-order valence-corrected chi connectivity index (χ3v) is 6.46. The predicted octanol–water partition coefficient (Wildman–Crippen LogP) is 2.89. The van der Waals surface area contributed by atoms with Crippen molar-refractivity contribution in [3.05, 3.63) is 48.0 Å². The zero-order valence-electron chi connectivity index (χ0n) is 20.8. The first-order chi connectivity index (χ1) is 17.1. The molecule has 10 nitrogen and oxygen atoms in total. The summed E-state index contributed by atoms with van der Waals surface area (Å²) in [5.41, 5.74) is 3.18. The average molecular weight is 500 g/mol. The fourth-order valence-corrected chi connectivity index (χ4v) is 4.66. The normalized spacial score (nSPS) is 26.1. The standard InChI is InChI=1S/C26H33N3O7/c1-26(2,3)35-25(33)28-15-18(27-34-16-17-9-5-4-6-10-17)13-14-21(28)24(32)36-29-22(30)19-11-7-8-12-20(19)23(29)31/h4-10,18-21,27H,11-16H2,1-3H3/t18-,19-,20+,21+/m1/s1. The Morgan fingerprint density at radius 3 is 2.25 bits per heavy atom. The number of amides is 3. The van der Waals surface area contributed by atoms with Gasteiger partial charge in [-0.25, -0.2) is 9.59 Å². The number of hydrogen-bond acceptors (Lipinski definition) is 8. The molecule has 36 heavy (non-hydrogen) atoms. The zero-order chi connectivity index (χ0) is 25.9. The number of carbonyl (C=O) groups excluding carboxylic acids is 4. The van der Waals surface area contributed by atoms with Crippen molar-refractivity contribution < 1.29 is 33.6 Å². The average Bonchev–Trinajstić information content (AvgIpc) is 3.08. The molecular weight excluding hydrogens is 466 g/mol. The van der Waals surface area contributed by atoms with Crippen molar-refractivity contribution in [3.63, 3.8) is 0 Å². The van der Waals surface area contributed by atoms with Crippen LogP contribution in [0.5, 0.6) is 0 Å². The summed E-state index contributed by atoms with van der Waals surface area (Å²) in [5, 5.41) is 0.589. The van der Waals surface area contributed by atoms with Crippen molar-refractivity contribution in [2.75, 3.05) is 6.54 Å². The van der Waals surface area contributed by atoms with Gasteiger partial charge in [0.15, 0.2) is 0 Å². The van der Waals surface area contributed by atoms with Gasteiger partial charge < -0.3 is 9.57 Å². The number of hydrogen-bond donors (Lipinski definition) is 1. The summed E-state index contributed by atoms with van der Waals surface area (Å²) in [6.45, 7) is 5.67. The highest BCUT2D eigenvalue weighted by Gasteiger charge is 2.51. The molecule has 10 heteroatoms. The Morgan fingerprint density at radius 1 is 1.00 bits per heavy atom. The van der Waals surface area contributed by atoms with Gasteiger partial charge in [-0.05, 0) is 52.0 Å². The molecular formula is C26H33N3O7. The van der Waals surface area contributed by atoms with Crippen LogP contribution in [0.15, 0.2) is 42.5 Å². The second-order valence-corrected chi connectivity index (χ2v) is 10.4. The zero-order valence-corrected chi connectivity index (χ0v) is 20.8. The molecule has 0 radical (unpaired) electrons. The van der Waals surface area contributed by atoms with Crippen LogP contribution in [0.2, 0.25) is 0 Å². The van der Waals surface area contributed by atoms with E-state index in [0.29, 0.717) is 30.9 Å². The Balaban J connectivity index is 1.41. The molecule has 0 saturated carbocycles. The van der Waals surface area contributed by atoms with Crippen LogP contribution in [-0.4, -0.2) is 58.1 Å². The molecule has 1 aromatic rings. The summed E-state index contributed by atoms with van der Waals surface area (Å²) in [5.74, 6) is -2.90. The monoisotopic (exact) mass is 499 g/mol. The van der Waals surface area contributed by atoms with E-state index >= 15 is 0 Å². The van der Waals surface area contributed by atoms with Crippen LogP contribution in [0.4, 0.5) is 4.79 Å². The molecule has 0 bridgehead atoms. The molecule has 4 rings (SSSR count). The molecule has 1 aliphatic carbocycles. The van der Waals surface area contributed by atoms with E-state index in [4.69, 9.17) is 14.4 Å². The van der Waals surface area contributed by atoms with Crippen LogP contribution in [0.25, 0.3) is 0 Å². The number of nitrogens with one attached hydrogen (secondary N) is 1. The van der Waals surface area contributed by atoms with Crippen LogP contribution in [0.3, 0.4) is 0 Å². The summed E-state index contributed by atoms with van der Waals surface area (Å²) >= 11 is 0. The summed E-state index contributed by atoms with van der Waals surface area (Å²) in [4.78, 5) is 63.8. The van der Waals surface area contributed by atoms with Gasteiger partial charge in [0.1, 0.15) is 11.6 Å². The molecule has 1 N–H and O–H groups in total. The Kier molecular flexibility index (Phi) is 7.75. The van der Waals surface area contributed by atoms with Gasteiger partial charge in [0, 0.05) is 6.54 Å². The molecule has 2 heterocycles. The van der Waals surface area contributed by atoms with Gasteiger partial charge in [-0.2, -0.15) is 5.48 Å². The summed E-state index contributed by atoms with van der Waals surface area (Å²) in [7, 11) is 0. The number of hydroxylamine groups is 3. The molecule has 2 saturated heterocycles. The number of likely N-dealkylation sites (tertiary alicyclic amines) is 1. The Bertz CT molecular complexity index is 994. The third kappa shape index (κ3) is 5.93. The topological polar surface area (TPSA) is 114 Å². The van der Waals surface area contributed by atoms with Gasteiger partial charge >= 0.3 is 12.1 Å². The first-order valence-electron chi connectivity index (χ1n) is 12.3. The van der Waals surface area contributed by atoms with Gasteiger partial charge in [0.25, 0.3) is 11.8 Å². The number of imide groups is 1. The lowest BCUT2D eigenvalue weighted by Crippen LogP contribution is -2.57. The van der Waals surface area contributed by atoms with Crippen LogP contribution in [-0.2, 0) is 35.4 Å². The van der Waals surface area contributed by atoms with Crippen LogP contribution in [0, 0.1) is 11.8 Å². The number of ether oxygens (including phenoxy) is 1.